The molecule has 0 fully saturated rings. The van der Waals surface area contributed by atoms with E-state index in [1.165, 1.54) is 0 Å². The lowest BCUT2D eigenvalue weighted by atomic mass is 10.8. The van der Waals surface area contributed by atoms with E-state index in [4.69, 9.17) is 66.5 Å². The van der Waals surface area contributed by atoms with Gasteiger partial charge in [0.15, 0.2) is 0 Å². The Bertz CT molecular complexity index is 95.7. The molecule has 0 aromatic carbocycles. The fourth-order valence-corrected chi connectivity index (χ4v) is 1.47. The van der Waals surface area contributed by atoms with Crippen molar-refractivity contribution in [2.45, 2.75) is 6.04 Å². The summed E-state index contributed by atoms with van der Waals surface area (Å²) in [6.07, 6.45) is 1.62. The smallest absolute Gasteiger partial charge is 0.130 e. The van der Waals surface area contributed by atoms with Gasteiger partial charge in [-0.05, 0) is 0 Å². The fraction of sp³-hybridized carbons (Fsp3) is 0.333. The molecule has 68 valence electrons. The van der Waals surface area contributed by atoms with Gasteiger partial charge in [-0.3, -0.25) is 0 Å². The van der Waals surface area contributed by atoms with Crippen LogP contribution in [-0.2, 0) is 0 Å². The molecular weight excluding hydrogens is 305 g/mol. The van der Waals surface area contributed by atoms with Gasteiger partial charge in [0.1, 0.15) is 0 Å². The molecule has 0 N–H and O–H groups in total. The molecule has 0 heterocycles. The molecule has 0 atom stereocenters. The van der Waals surface area contributed by atoms with Gasteiger partial charge in [-0.15, -0.1) is 73.1 Å². The molecule has 11 heavy (non-hydrogen) atoms. The molecule has 0 saturated heterocycles. The van der Waals surface area contributed by atoms with Crippen LogP contribution < -0.4 is 0 Å². The second-order valence-corrected chi connectivity index (χ2v) is 17.0. The highest BCUT2D eigenvalue weighted by atomic mass is 35.8. The first kappa shape index (κ1) is 15.4. The Labute approximate surface area is 97.2 Å². The second-order valence-electron chi connectivity index (χ2n) is 1.36. The van der Waals surface area contributed by atoms with Crippen molar-refractivity contribution in [2.24, 2.45) is 0 Å². The van der Waals surface area contributed by atoms with Crippen LogP contribution in [0.2, 0.25) is 6.04 Å². The van der Waals surface area contributed by atoms with Crippen molar-refractivity contribution in [2.75, 3.05) is 0 Å². The predicted molar refractivity (Wildman–Crippen MR) is 63.0 cm³/mol. The van der Waals surface area contributed by atoms with Crippen molar-refractivity contribution in [3.05, 3.63) is 12.7 Å². The summed E-state index contributed by atoms with van der Waals surface area (Å²) in [6.45, 7) is 1.71. The number of rotatable bonds is 2. The zero-order chi connectivity index (χ0) is 9.49. The first-order valence-electron chi connectivity index (χ1n) is 2.39. The summed E-state index contributed by atoms with van der Waals surface area (Å²) < 4.78 is 0. The highest BCUT2D eigenvalue weighted by molar-refractivity contribution is 7.64. The van der Waals surface area contributed by atoms with E-state index in [1.54, 1.807) is 6.08 Å². The third kappa shape index (κ3) is 33.5. The Morgan fingerprint density at radius 2 is 1.45 bits per heavy atom. The first-order chi connectivity index (χ1) is 4.79. The Kier molecular flexibility index (Phi) is 11.9. The molecule has 0 aliphatic heterocycles. The van der Waals surface area contributed by atoms with Gasteiger partial charge >= 0.3 is 12.7 Å². The van der Waals surface area contributed by atoms with Crippen LogP contribution in [0.4, 0.5) is 0 Å². The van der Waals surface area contributed by atoms with Crippen LogP contribution in [0.25, 0.3) is 0 Å². The van der Waals surface area contributed by atoms with Crippen LogP contribution in [0.15, 0.2) is 12.7 Å². The lowest BCUT2D eigenvalue weighted by molar-refractivity contribution is 1.73. The van der Waals surface area contributed by atoms with E-state index < -0.39 is 12.7 Å². The molecule has 0 rings (SSSR count). The molecule has 0 aliphatic carbocycles. The molecule has 0 radical (unpaired) electrons. The largest absolute Gasteiger partial charge is 0.344 e. The van der Waals surface area contributed by atoms with Gasteiger partial charge in [0, 0.05) is 6.04 Å². The minimum absolute atomic E-state index is 0.539. The normalized spacial score (nSPS) is 10.5. The minimum atomic E-state index is -2.36. The maximum atomic E-state index is 5.43. The highest BCUT2D eigenvalue weighted by Crippen LogP contribution is 2.24. The van der Waals surface area contributed by atoms with Crippen LogP contribution >= 0.6 is 66.5 Å². The lowest BCUT2D eigenvalue weighted by Crippen LogP contribution is -2.05. The third-order valence-electron chi connectivity index (χ3n) is 0.376. The first-order valence-corrected chi connectivity index (χ1v) is 12.9. The number of allylic oxidation sites excluding steroid dienone is 1. The van der Waals surface area contributed by atoms with Crippen molar-refractivity contribution in [3.8, 4) is 0 Å². The van der Waals surface area contributed by atoms with E-state index in [1.807, 2.05) is 0 Å². The third-order valence-corrected chi connectivity index (χ3v) is 2.52. The molecule has 0 amide bonds. The van der Waals surface area contributed by atoms with Gasteiger partial charge in [0.2, 0.25) is 0 Å². The average molecular weight is 311 g/mol. The van der Waals surface area contributed by atoms with E-state index in [0.717, 1.165) is 0 Å². The van der Waals surface area contributed by atoms with Gasteiger partial charge < -0.3 is 0 Å². The molecule has 0 aliphatic rings. The molecular formula is C3H6Cl6Si2. The van der Waals surface area contributed by atoms with Crippen molar-refractivity contribution < 1.29 is 0 Å². The average Bonchev–Trinajstić information content (AvgIpc) is 1.58. The van der Waals surface area contributed by atoms with E-state index in [2.05, 4.69) is 6.58 Å². The Morgan fingerprint density at radius 1 is 1.18 bits per heavy atom. The van der Waals surface area contributed by atoms with Crippen LogP contribution in [0, 0.1) is 0 Å². The van der Waals surface area contributed by atoms with Crippen molar-refractivity contribution in [1.29, 1.82) is 0 Å². The summed E-state index contributed by atoms with van der Waals surface area (Å²) in [4.78, 5) is 0. The summed E-state index contributed by atoms with van der Waals surface area (Å²) in [5.74, 6) is 0. The lowest BCUT2D eigenvalue weighted by Gasteiger charge is -1.99. The van der Waals surface area contributed by atoms with Crippen LogP contribution in [-0.4, -0.2) is 12.7 Å². The standard InChI is InChI=1S/C3H5Cl3Si.Cl3HSi/c1-2-3-7(4,5)6;1-4(2)3/h2H,1,3H2;4H. The minimum Gasteiger partial charge on any atom is -0.130 e. The monoisotopic (exact) mass is 308 g/mol. The summed E-state index contributed by atoms with van der Waals surface area (Å²) in [5.41, 5.74) is 0. The van der Waals surface area contributed by atoms with Crippen molar-refractivity contribution in [1.82, 2.24) is 0 Å². The maximum Gasteiger partial charge on any atom is 0.344 e. The molecule has 8 heteroatoms. The molecule has 0 aromatic rings. The summed E-state index contributed by atoms with van der Waals surface area (Å²) >= 11 is 31.1. The summed E-state index contributed by atoms with van der Waals surface area (Å²) in [5, 5.41) is 0. The van der Waals surface area contributed by atoms with E-state index in [0.29, 0.717) is 6.04 Å². The molecule has 0 unspecified atom stereocenters. The van der Waals surface area contributed by atoms with E-state index in [-0.39, 0.29) is 0 Å². The topological polar surface area (TPSA) is 0 Å². The van der Waals surface area contributed by atoms with Crippen LogP contribution in [0.5, 0.6) is 0 Å². The molecule has 0 bridgehead atoms. The van der Waals surface area contributed by atoms with Crippen molar-refractivity contribution in [3.63, 3.8) is 0 Å². The quantitative estimate of drug-likeness (QED) is 0.406. The maximum absolute atomic E-state index is 5.43. The summed E-state index contributed by atoms with van der Waals surface area (Å²) in [7, 11) is 0. The van der Waals surface area contributed by atoms with Crippen LogP contribution in [0.1, 0.15) is 0 Å². The summed E-state index contributed by atoms with van der Waals surface area (Å²) in [6, 6.07) is -1.82. The molecule has 0 aromatic heterocycles. The second kappa shape index (κ2) is 8.51. The van der Waals surface area contributed by atoms with Gasteiger partial charge in [-0.25, -0.2) is 0 Å². The zero-order valence-corrected chi connectivity index (χ0v) is 12.0. The molecule has 0 nitrogen and oxygen atoms in total. The van der Waals surface area contributed by atoms with Crippen molar-refractivity contribution >= 4 is 79.2 Å². The number of halogens is 6. The Morgan fingerprint density at radius 3 is 1.45 bits per heavy atom. The predicted octanol–water partition coefficient (Wildman–Crippen LogP) is 4.25. The molecule has 0 saturated carbocycles. The fourth-order valence-electron chi connectivity index (χ4n) is 0.164. The van der Waals surface area contributed by atoms with Gasteiger partial charge in [-0.2, -0.15) is 0 Å². The Balaban J connectivity index is 0. The van der Waals surface area contributed by atoms with Gasteiger partial charge in [0.05, 0.1) is 0 Å². The van der Waals surface area contributed by atoms with E-state index >= 15 is 0 Å². The molecule has 0 spiro atoms. The number of hydrogen-bond donors (Lipinski definition) is 0. The number of hydrogen-bond acceptors (Lipinski definition) is 0. The van der Waals surface area contributed by atoms with Crippen LogP contribution in [0.3, 0.4) is 0 Å². The SMILES string of the molecule is C=CC[Si](Cl)(Cl)Cl.Cl[SiH](Cl)Cl. The Hall–Kier alpha value is 1.91. The van der Waals surface area contributed by atoms with Gasteiger partial charge in [-0.1, -0.05) is 6.08 Å². The van der Waals surface area contributed by atoms with Gasteiger partial charge in [0.25, 0.3) is 0 Å². The highest BCUT2D eigenvalue weighted by Gasteiger charge is 2.21. The van der Waals surface area contributed by atoms with E-state index in [9.17, 15) is 0 Å². The zero-order valence-electron chi connectivity index (χ0n) is 5.34.